The largest absolute Gasteiger partial charge is 0.497 e. The number of carbonyl (C=O) groups is 2. The van der Waals surface area contributed by atoms with Gasteiger partial charge in [-0.25, -0.2) is 4.68 Å². The standard InChI is InChI=1S/C33H42N4O5/c1-20(2)24-9-11-26-25(10-12-28-32(26,3)13-8-14-33(28,4)31(39)42-7)30(24)34-29(38)19-37-18-27(35-36-37)21-15-22(40-5)17-23(16-21)41-6/h9,11,15-18,20,28H,8,10,12-14,19H2,1-7H3,(H,34,38)/t28-,32-,33-/m1/s1. The summed E-state index contributed by atoms with van der Waals surface area (Å²) >= 11 is 0. The molecule has 0 aliphatic heterocycles. The first-order valence-electron chi connectivity index (χ1n) is 14.7. The monoisotopic (exact) mass is 574 g/mol. The lowest BCUT2D eigenvalue weighted by Crippen LogP contribution is -2.52. The molecule has 1 fully saturated rings. The second kappa shape index (κ2) is 11.4. The number of carbonyl (C=O) groups excluding carboxylic acids is 2. The molecular weight excluding hydrogens is 532 g/mol. The Hall–Kier alpha value is -3.88. The number of esters is 1. The Morgan fingerprint density at radius 2 is 1.79 bits per heavy atom. The third-order valence-corrected chi connectivity index (χ3v) is 9.60. The fourth-order valence-corrected chi connectivity index (χ4v) is 7.48. The summed E-state index contributed by atoms with van der Waals surface area (Å²) in [6, 6.07) is 9.89. The van der Waals surface area contributed by atoms with E-state index in [0.717, 1.165) is 48.9 Å². The van der Waals surface area contributed by atoms with Crippen LogP contribution >= 0.6 is 0 Å². The summed E-state index contributed by atoms with van der Waals surface area (Å²) in [5, 5.41) is 11.8. The van der Waals surface area contributed by atoms with Gasteiger partial charge in [0.1, 0.15) is 23.7 Å². The second-order valence-electron chi connectivity index (χ2n) is 12.4. The molecule has 0 saturated heterocycles. The van der Waals surface area contributed by atoms with E-state index in [1.807, 2.05) is 12.1 Å². The quantitative estimate of drug-likeness (QED) is 0.334. The van der Waals surface area contributed by atoms with Crippen molar-refractivity contribution in [3.05, 3.63) is 53.2 Å². The van der Waals surface area contributed by atoms with Crippen molar-refractivity contribution in [2.45, 2.75) is 77.7 Å². The highest BCUT2D eigenvalue weighted by atomic mass is 16.5. The van der Waals surface area contributed by atoms with Crippen molar-refractivity contribution in [3.63, 3.8) is 0 Å². The van der Waals surface area contributed by atoms with Crippen molar-refractivity contribution in [2.75, 3.05) is 26.6 Å². The molecule has 9 nitrogen and oxygen atoms in total. The van der Waals surface area contributed by atoms with Crippen LogP contribution in [0.15, 0.2) is 36.5 Å². The molecule has 1 heterocycles. The maximum Gasteiger partial charge on any atom is 0.311 e. The van der Waals surface area contributed by atoms with E-state index in [1.54, 1.807) is 31.2 Å². The molecule has 5 rings (SSSR count). The van der Waals surface area contributed by atoms with Gasteiger partial charge in [-0.3, -0.25) is 9.59 Å². The zero-order chi connectivity index (χ0) is 30.2. The minimum absolute atomic E-state index is 0.0234. The average molecular weight is 575 g/mol. The third-order valence-electron chi connectivity index (χ3n) is 9.60. The Labute approximate surface area is 247 Å². The maximum absolute atomic E-state index is 13.5. The van der Waals surface area contributed by atoms with Gasteiger partial charge in [0.15, 0.2) is 0 Å². The van der Waals surface area contributed by atoms with Crippen LogP contribution in [0.25, 0.3) is 11.3 Å². The van der Waals surface area contributed by atoms with Crippen molar-refractivity contribution in [1.82, 2.24) is 15.0 Å². The highest BCUT2D eigenvalue weighted by molar-refractivity contribution is 5.93. The van der Waals surface area contributed by atoms with Crippen molar-refractivity contribution in [1.29, 1.82) is 0 Å². The molecule has 1 saturated carbocycles. The van der Waals surface area contributed by atoms with E-state index in [-0.39, 0.29) is 35.7 Å². The molecular formula is C33H42N4O5. The molecule has 3 aromatic rings. The van der Waals surface area contributed by atoms with Crippen LogP contribution in [0.4, 0.5) is 5.69 Å². The Bertz CT molecular complexity index is 1480. The van der Waals surface area contributed by atoms with Crippen LogP contribution in [0.5, 0.6) is 11.5 Å². The maximum atomic E-state index is 13.5. The predicted molar refractivity (Wildman–Crippen MR) is 161 cm³/mol. The highest BCUT2D eigenvalue weighted by Crippen LogP contribution is 2.58. The van der Waals surface area contributed by atoms with Gasteiger partial charge in [0, 0.05) is 17.3 Å². The van der Waals surface area contributed by atoms with Crippen molar-refractivity contribution >= 4 is 17.6 Å². The lowest BCUT2D eigenvalue weighted by atomic mass is 9.49. The van der Waals surface area contributed by atoms with E-state index in [1.165, 1.54) is 18.2 Å². The minimum atomic E-state index is -0.517. The van der Waals surface area contributed by atoms with Crippen molar-refractivity contribution in [2.24, 2.45) is 11.3 Å². The third kappa shape index (κ3) is 5.14. The number of aromatic nitrogens is 3. The first kappa shape index (κ1) is 29.6. The summed E-state index contributed by atoms with van der Waals surface area (Å²) in [6.45, 7) is 8.68. The Balaban J connectivity index is 1.43. The van der Waals surface area contributed by atoms with Crippen LogP contribution < -0.4 is 14.8 Å². The topological polar surface area (TPSA) is 105 Å². The molecule has 1 N–H and O–H groups in total. The summed E-state index contributed by atoms with van der Waals surface area (Å²) in [5.74, 6) is 1.41. The number of methoxy groups -OCH3 is 3. The first-order chi connectivity index (χ1) is 20.0. The molecule has 1 amide bonds. The predicted octanol–water partition coefficient (Wildman–Crippen LogP) is 5.91. The Morgan fingerprint density at radius 1 is 1.07 bits per heavy atom. The number of rotatable bonds is 8. The second-order valence-corrected chi connectivity index (χ2v) is 12.4. The number of nitrogens with one attached hydrogen (secondary N) is 1. The molecule has 2 aromatic carbocycles. The van der Waals surface area contributed by atoms with Gasteiger partial charge in [-0.1, -0.05) is 44.5 Å². The van der Waals surface area contributed by atoms with E-state index in [2.05, 4.69) is 55.5 Å². The van der Waals surface area contributed by atoms with Gasteiger partial charge in [0.05, 0.1) is 32.9 Å². The number of hydrogen-bond acceptors (Lipinski definition) is 7. The Kier molecular flexibility index (Phi) is 8.05. The van der Waals surface area contributed by atoms with Crippen LogP contribution in [0.1, 0.15) is 76.0 Å². The molecule has 1 aromatic heterocycles. The van der Waals surface area contributed by atoms with E-state index in [4.69, 9.17) is 14.2 Å². The van der Waals surface area contributed by atoms with E-state index >= 15 is 0 Å². The zero-order valence-corrected chi connectivity index (χ0v) is 25.7. The number of benzene rings is 2. The minimum Gasteiger partial charge on any atom is -0.497 e. The van der Waals surface area contributed by atoms with Crippen molar-refractivity contribution < 1.29 is 23.8 Å². The first-order valence-corrected chi connectivity index (χ1v) is 14.7. The molecule has 0 unspecified atom stereocenters. The lowest BCUT2D eigenvalue weighted by molar-refractivity contribution is -0.161. The van der Waals surface area contributed by atoms with E-state index < -0.39 is 5.41 Å². The van der Waals surface area contributed by atoms with Gasteiger partial charge < -0.3 is 19.5 Å². The van der Waals surface area contributed by atoms with Gasteiger partial charge in [-0.15, -0.1) is 5.10 Å². The van der Waals surface area contributed by atoms with E-state index in [0.29, 0.717) is 17.2 Å². The number of nitrogens with zero attached hydrogens (tertiary/aromatic N) is 3. The SMILES string of the molecule is COC(=O)[C@]1(C)CCC[C@]2(C)c3ccc(C(C)C)c(NC(=O)Cn4cc(-c5cc(OC)cc(OC)c5)nn4)c3CC[C@@H]12. The van der Waals surface area contributed by atoms with E-state index in [9.17, 15) is 9.59 Å². The van der Waals surface area contributed by atoms with Crippen molar-refractivity contribution in [3.8, 4) is 22.8 Å². The van der Waals surface area contributed by atoms with Gasteiger partial charge in [0.25, 0.3) is 0 Å². The molecule has 9 heteroatoms. The van der Waals surface area contributed by atoms with Gasteiger partial charge in [0.2, 0.25) is 5.91 Å². The number of ether oxygens (including phenoxy) is 3. The van der Waals surface area contributed by atoms with Gasteiger partial charge >= 0.3 is 5.97 Å². The van der Waals surface area contributed by atoms with Crippen LogP contribution in [0, 0.1) is 11.3 Å². The van der Waals surface area contributed by atoms with Gasteiger partial charge in [-0.2, -0.15) is 0 Å². The highest BCUT2D eigenvalue weighted by Gasteiger charge is 2.56. The molecule has 3 atom stereocenters. The normalized spacial score (nSPS) is 23.1. The summed E-state index contributed by atoms with van der Waals surface area (Å²) in [7, 11) is 4.69. The summed E-state index contributed by atoms with van der Waals surface area (Å²) in [6.07, 6.45) is 6.21. The molecule has 0 spiro atoms. The van der Waals surface area contributed by atoms with Crippen LogP contribution in [0.3, 0.4) is 0 Å². The molecule has 224 valence electrons. The number of anilines is 1. The lowest BCUT2D eigenvalue weighted by Gasteiger charge is -2.54. The Morgan fingerprint density at radius 3 is 2.43 bits per heavy atom. The smallest absolute Gasteiger partial charge is 0.311 e. The molecule has 2 aliphatic carbocycles. The van der Waals surface area contributed by atoms with Crippen LogP contribution in [0.2, 0.25) is 0 Å². The molecule has 0 radical (unpaired) electrons. The fourth-order valence-electron chi connectivity index (χ4n) is 7.48. The number of amides is 1. The fraction of sp³-hybridized carbons (Fsp3) is 0.515. The molecule has 2 aliphatic rings. The van der Waals surface area contributed by atoms with Crippen LogP contribution in [-0.4, -0.2) is 48.2 Å². The average Bonchev–Trinajstić information content (AvgIpc) is 3.44. The summed E-state index contributed by atoms with van der Waals surface area (Å²) in [5.41, 5.74) is 5.14. The zero-order valence-electron chi connectivity index (χ0n) is 25.7. The van der Waals surface area contributed by atoms with Gasteiger partial charge in [-0.05, 0) is 78.7 Å². The molecule has 42 heavy (non-hydrogen) atoms. The molecule has 0 bridgehead atoms. The summed E-state index contributed by atoms with van der Waals surface area (Å²) in [4.78, 5) is 26.5. The number of fused-ring (bicyclic) bond motifs is 3. The number of hydrogen-bond donors (Lipinski definition) is 1. The summed E-state index contributed by atoms with van der Waals surface area (Å²) < 4.78 is 17.6. The van der Waals surface area contributed by atoms with Crippen LogP contribution in [-0.2, 0) is 32.7 Å².